The van der Waals surface area contributed by atoms with Crippen molar-refractivity contribution in [2.45, 2.75) is 18.9 Å². The Hall–Kier alpha value is 0.127. The number of rotatable bonds is 6. The Kier molecular flexibility index (Phi) is 16.3. The first-order chi connectivity index (χ1) is 9.24. The molecule has 0 unspecified atom stereocenters. The van der Waals surface area contributed by atoms with Gasteiger partial charge >= 0.3 is 0 Å². The third kappa shape index (κ3) is 6.17. The molecule has 1 aromatic carbocycles. The lowest BCUT2D eigenvalue weighted by Crippen LogP contribution is -1.95. The van der Waals surface area contributed by atoms with E-state index in [1.165, 1.54) is 22.7 Å². The minimum absolute atomic E-state index is 0. The molecule has 0 amide bonds. The Labute approximate surface area is 172 Å². The molecule has 2 aromatic rings. The molecule has 1 heterocycles. The Morgan fingerprint density at radius 2 is 1.61 bits per heavy atom. The number of nitrogens with zero attached hydrogens (tertiary/aromatic N) is 1. The lowest BCUT2D eigenvalue weighted by atomic mass is 10.2. The van der Waals surface area contributed by atoms with Crippen molar-refractivity contribution < 1.29 is 14.2 Å². The number of fused-ring (bicyclic) bond motifs is 1. The number of methoxy groups -OCH3 is 3. The van der Waals surface area contributed by atoms with Crippen LogP contribution in [0, 0.1) is 0 Å². The van der Waals surface area contributed by atoms with Gasteiger partial charge in [0.1, 0.15) is 5.52 Å². The van der Waals surface area contributed by atoms with Gasteiger partial charge in [-0.15, -0.1) is 11.3 Å². The van der Waals surface area contributed by atoms with Crippen LogP contribution >= 0.6 is 65.3 Å². The van der Waals surface area contributed by atoms with Crippen molar-refractivity contribution in [2.24, 2.45) is 0 Å². The summed E-state index contributed by atoms with van der Waals surface area (Å²) in [5.74, 6) is 1.95. The van der Waals surface area contributed by atoms with Crippen molar-refractivity contribution in [1.82, 2.24) is 4.98 Å². The first-order valence-corrected chi connectivity index (χ1v) is 8.56. The molecule has 0 radical (unpaired) electrons. The van der Waals surface area contributed by atoms with E-state index in [1.807, 2.05) is 6.07 Å². The molecule has 0 aliphatic heterocycles. The summed E-state index contributed by atoms with van der Waals surface area (Å²) in [7, 11) is 6.13. The topological polar surface area (TPSA) is 40.6 Å². The summed E-state index contributed by atoms with van der Waals surface area (Å²) in [5.41, 5.74) is 0.869. The highest BCUT2D eigenvalue weighted by Gasteiger charge is 2.19. The molecule has 10 heteroatoms. The highest BCUT2D eigenvalue weighted by atomic mass is 32.1. The van der Waals surface area contributed by atoms with E-state index in [4.69, 9.17) is 14.2 Å². The van der Waals surface area contributed by atoms with Gasteiger partial charge in [-0.05, 0) is 6.42 Å². The third-order valence-corrected chi connectivity index (χ3v) is 4.75. The van der Waals surface area contributed by atoms with E-state index < -0.39 is 0 Å². The largest absolute Gasteiger partial charge is 0.493 e. The second-order valence-electron chi connectivity index (χ2n) is 4.20. The molecule has 2 rings (SSSR count). The van der Waals surface area contributed by atoms with Gasteiger partial charge in [-0.2, -0.15) is 54.0 Å². The number of aromatic nitrogens is 1. The van der Waals surface area contributed by atoms with Crippen LogP contribution in [0.3, 0.4) is 0 Å². The van der Waals surface area contributed by atoms with Crippen LogP contribution in [0.2, 0.25) is 6.04 Å². The van der Waals surface area contributed by atoms with Gasteiger partial charge in [-0.3, -0.25) is 0 Å². The van der Waals surface area contributed by atoms with Gasteiger partial charge in [-0.25, -0.2) is 4.98 Å². The van der Waals surface area contributed by atoms with Crippen molar-refractivity contribution in [3.8, 4) is 17.2 Å². The standard InChI is InChI=1S/C13H19NO3SSi.4H2S/c1-15-8-7-9-11(13(17-3)12(8)16-2)14-10(18-9)5-4-6-19;;;;/h7H,4-6H2,1-3,19H3;4*1H2. The molecular formula is C13H27NO3S5Si. The van der Waals surface area contributed by atoms with E-state index in [-0.39, 0.29) is 54.0 Å². The second kappa shape index (κ2) is 13.4. The van der Waals surface area contributed by atoms with Crippen molar-refractivity contribution in [1.29, 1.82) is 0 Å². The lowest BCUT2D eigenvalue weighted by Gasteiger charge is -2.11. The molecule has 1 aromatic heterocycles. The molecule has 0 bridgehead atoms. The van der Waals surface area contributed by atoms with Gasteiger partial charge in [0.25, 0.3) is 0 Å². The van der Waals surface area contributed by atoms with Crippen LogP contribution in [0.1, 0.15) is 11.4 Å². The monoisotopic (exact) mass is 433 g/mol. The number of ether oxygens (including phenoxy) is 3. The van der Waals surface area contributed by atoms with Crippen LogP contribution in [0.5, 0.6) is 17.2 Å². The zero-order chi connectivity index (χ0) is 13.8. The quantitative estimate of drug-likeness (QED) is 0.656. The van der Waals surface area contributed by atoms with Gasteiger partial charge in [0.15, 0.2) is 11.5 Å². The molecule has 23 heavy (non-hydrogen) atoms. The van der Waals surface area contributed by atoms with Crippen LogP contribution in [-0.4, -0.2) is 36.6 Å². The maximum atomic E-state index is 5.46. The van der Waals surface area contributed by atoms with Crippen LogP contribution in [0.4, 0.5) is 0 Å². The average Bonchev–Trinajstić information content (AvgIpc) is 2.85. The zero-order valence-corrected chi connectivity index (χ0v) is 20.6. The molecular weight excluding hydrogens is 407 g/mol. The summed E-state index contributed by atoms with van der Waals surface area (Å²) in [6.07, 6.45) is 2.25. The van der Waals surface area contributed by atoms with Gasteiger partial charge < -0.3 is 14.2 Å². The van der Waals surface area contributed by atoms with Gasteiger partial charge in [0.05, 0.1) is 31.0 Å². The minimum atomic E-state index is 0. The molecule has 0 aliphatic rings. The SMILES string of the molecule is COc1cc2sc(CCC[SiH3])nc2c(OC)c1OC.S.S.S.S. The third-order valence-electron chi connectivity index (χ3n) is 2.98. The van der Waals surface area contributed by atoms with Gasteiger partial charge in [0.2, 0.25) is 5.75 Å². The Morgan fingerprint density at radius 3 is 2.09 bits per heavy atom. The van der Waals surface area contributed by atoms with Gasteiger partial charge in [0, 0.05) is 16.3 Å². The summed E-state index contributed by atoms with van der Waals surface area (Å²) >= 11 is 1.70. The van der Waals surface area contributed by atoms with E-state index in [9.17, 15) is 0 Å². The van der Waals surface area contributed by atoms with E-state index in [1.54, 1.807) is 32.7 Å². The molecule has 0 saturated heterocycles. The average molecular weight is 434 g/mol. The molecule has 4 nitrogen and oxygen atoms in total. The van der Waals surface area contributed by atoms with Crippen LogP contribution in [-0.2, 0) is 6.42 Å². The first kappa shape index (κ1) is 28.0. The fraction of sp³-hybridized carbons (Fsp3) is 0.462. The summed E-state index contributed by atoms with van der Waals surface area (Å²) in [5, 5.41) is 1.15. The Bertz CT molecular complexity index is 582. The van der Waals surface area contributed by atoms with E-state index >= 15 is 0 Å². The Morgan fingerprint density at radius 1 is 1.00 bits per heavy atom. The molecule has 0 N–H and O–H groups in total. The lowest BCUT2D eigenvalue weighted by molar-refractivity contribution is 0.327. The maximum absolute atomic E-state index is 5.46. The molecule has 0 spiro atoms. The van der Waals surface area contributed by atoms with Gasteiger partial charge in [-0.1, -0.05) is 12.5 Å². The number of thiazole rings is 1. The summed E-state index contributed by atoms with van der Waals surface area (Å²) in [6, 6.07) is 3.28. The van der Waals surface area contributed by atoms with Crippen molar-refractivity contribution in [2.75, 3.05) is 21.3 Å². The number of benzene rings is 1. The molecule has 0 aliphatic carbocycles. The maximum Gasteiger partial charge on any atom is 0.205 e. The predicted octanol–water partition coefficient (Wildman–Crippen LogP) is 2.49. The smallest absolute Gasteiger partial charge is 0.205 e. The molecule has 136 valence electrons. The summed E-state index contributed by atoms with van der Waals surface area (Å²) < 4.78 is 17.3. The van der Waals surface area contributed by atoms with E-state index in [0.29, 0.717) is 17.2 Å². The van der Waals surface area contributed by atoms with Crippen molar-refractivity contribution in [3.05, 3.63) is 11.1 Å². The van der Waals surface area contributed by atoms with E-state index in [2.05, 4.69) is 4.98 Å². The fourth-order valence-corrected chi connectivity index (χ4v) is 3.40. The highest BCUT2D eigenvalue weighted by Crippen LogP contribution is 2.44. The molecule has 0 saturated carbocycles. The van der Waals surface area contributed by atoms with Crippen molar-refractivity contribution in [3.63, 3.8) is 0 Å². The zero-order valence-electron chi connectivity index (χ0n) is 13.8. The first-order valence-electron chi connectivity index (χ1n) is 6.33. The summed E-state index contributed by atoms with van der Waals surface area (Å²) in [4.78, 5) is 4.68. The van der Waals surface area contributed by atoms with Crippen LogP contribution in [0.25, 0.3) is 10.2 Å². The number of hydrogen-bond acceptors (Lipinski definition) is 5. The van der Waals surface area contributed by atoms with Crippen LogP contribution < -0.4 is 14.2 Å². The molecule has 0 atom stereocenters. The fourth-order valence-electron chi connectivity index (χ4n) is 2.01. The highest BCUT2D eigenvalue weighted by molar-refractivity contribution is 7.59. The number of hydrogen-bond donors (Lipinski definition) is 0. The Balaban J connectivity index is -0.000001000. The normalized spacial score (nSPS) is 9.00. The summed E-state index contributed by atoms with van der Waals surface area (Å²) in [6.45, 7) is 0. The van der Waals surface area contributed by atoms with E-state index in [0.717, 1.165) is 21.6 Å². The minimum Gasteiger partial charge on any atom is -0.493 e. The van der Waals surface area contributed by atoms with Crippen molar-refractivity contribution >= 4 is 85.8 Å². The van der Waals surface area contributed by atoms with Crippen LogP contribution in [0.15, 0.2) is 6.07 Å². The molecule has 0 fully saturated rings. The number of aryl methyl sites for hydroxylation is 1. The predicted molar refractivity (Wildman–Crippen MR) is 124 cm³/mol. The second-order valence-corrected chi connectivity index (χ2v) is 6.32.